The molecule has 0 saturated carbocycles. The second-order valence-electron chi connectivity index (χ2n) is 6.36. The molecular formula is C20H23ClN2O3. The molecule has 0 aromatic heterocycles. The van der Waals surface area contributed by atoms with Crippen molar-refractivity contribution in [3.8, 4) is 5.75 Å². The molecule has 0 fully saturated rings. The van der Waals surface area contributed by atoms with Crippen LogP contribution in [0, 0.1) is 12.8 Å². The number of benzene rings is 2. The number of hydrogen-bond donors (Lipinski definition) is 2. The molecule has 1 atom stereocenters. The quantitative estimate of drug-likeness (QED) is 0.774. The van der Waals surface area contributed by atoms with E-state index < -0.39 is 6.04 Å². The van der Waals surface area contributed by atoms with Gasteiger partial charge in [-0.25, -0.2) is 0 Å². The van der Waals surface area contributed by atoms with Crippen LogP contribution in [0.2, 0.25) is 5.02 Å². The monoisotopic (exact) mass is 374 g/mol. The molecule has 138 valence electrons. The first kappa shape index (κ1) is 19.8. The van der Waals surface area contributed by atoms with E-state index >= 15 is 0 Å². The predicted molar refractivity (Wildman–Crippen MR) is 104 cm³/mol. The minimum Gasteiger partial charge on any atom is -0.484 e. The summed E-state index contributed by atoms with van der Waals surface area (Å²) in [5, 5.41) is 5.95. The summed E-state index contributed by atoms with van der Waals surface area (Å²) in [6, 6.07) is 13.7. The fourth-order valence-electron chi connectivity index (χ4n) is 2.35. The van der Waals surface area contributed by atoms with E-state index in [0.29, 0.717) is 16.5 Å². The number of ether oxygens (including phenoxy) is 1. The van der Waals surface area contributed by atoms with Gasteiger partial charge in [-0.2, -0.15) is 0 Å². The fraction of sp³-hybridized carbons (Fsp3) is 0.300. The van der Waals surface area contributed by atoms with Crippen LogP contribution in [0.5, 0.6) is 5.75 Å². The number of carbonyl (C=O) groups excluding carboxylic acids is 2. The molecule has 2 N–H and O–H groups in total. The molecule has 0 aliphatic carbocycles. The van der Waals surface area contributed by atoms with Crippen molar-refractivity contribution >= 4 is 29.1 Å². The minimum atomic E-state index is -0.695. The van der Waals surface area contributed by atoms with Crippen molar-refractivity contribution in [2.75, 3.05) is 11.9 Å². The average Bonchev–Trinajstić information content (AvgIpc) is 2.60. The molecule has 2 aromatic carbocycles. The number of aryl methyl sites for hydroxylation is 1. The van der Waals surface area contributed by atoms with Crippen molar-refractivity contribution in [1.82, 2.24) is 5.32 Å². The van der Waals surface area contributed by atoms with E-state index in [1.165, 1.54) is 0 Å². The number of carbonyl (C=O) groups is 2. The molecule has 0 aliphatic heterocycles. The van der Waals surface area contributed by atoms with Crippen molar-refractivity contribution in [2.45, 2.75) is 26.8 Å². The number of amides is 2. The third kappa shape index (κ3) is 5.77. The Hall–Kier alpha value is -2.53. The van der Waals surface area contributed by atoms with E-state index in [1.807, 2.05) is 45.0 Å². The standard InChI is InChI=1S/C20H23ClN2O3/c1-13(2)19(20(25)22-17-10-9-14(3)11-16(17)21)23-18(24)12-26-15-7-5-4-6-8-15/h4-11,13,19H,12H2,1-3H3,(H,22,25)(H,23,24). The Bertz CT molecular complexity index is 763. The van der Waals surface area contributed by atoms with E-state index in [4.69, 9.17) is 16.3 Å². The first-order valence-corrected chi connectivity index (χ1v) is 8.79. The van der Waals surface area contributed by atoms with Gasteiger partial charge in [0.15, 0.2) is 6.61 Å². The van der Waals surface area contributed by atoms with Gasteiger partial charge in [-0.15, -0.1) is 0 Å². The van der Waals surface area contributed by atoms with Gasteiger partial charge in [0.05, 0.1) is 10.7 Å². The summed E-state index contributed by atoms with van der Waals surface area (Å²) in [5.41, 5.74) is 1.52. The van der Waals surface area contributed by atoms with Crippen molar-refractivity contribution in [3.63, 3.8) is 0 Å². The zero-order valence-electron chi connectivity index (χ0n) is 15.1. The van der Waals surface area contributed by atoms with Crippen LogP contribution in [0.25, 0.3) is 0 Å². The molecule has 0 spiro atoms. The van der Waals surface area contributed by atoms with Gasteiger partial charge in [0.1, 0.15) is 11.8 Å². The third-order valence-corrected chi connectivity index (χ3v) is 4.07. The maximum atomic E-state index is 12.6. The molecule has 2 rings (SSSR count). The molecule has 6 heteroatoms. The summed E-state index contributed by atoms with van der Waals surface area (Å²) in [6.07, 6.45) is 0. The molecule has 0 heterocycles. The lowest BCUT2D eigenvalue weighted by Gasteiger charge is -2.22. The summed E-state index contributed by atoms with van der Waals surface area (Å²) in [5.74, 6) is -0.184. The zero-order valence-corrected chi connectivity index (χ0v) is 15.8. The smallest absolute Gasteiger partial charge is 0.258 e. The number of anilines is 1. The lowest BCUT2D eigenvalue weighted by Crippen LogP contribution is -2.48. The van der Waals surface area contributed by atoms with Gasteiger partial charge in [-0.05, 0) is 42.7 Å². The maximum Gasteiger partial charge on any atom is 0.258 e. The SMILES string of the molecule is Cc1ccc(NC(=O)C(NC(=O)COc2ccccc2)C(C)C)c(Cl)c1. The van der Waals surface area contributed by atoms with Crippen LogP contribution in [0.3, 0.4) is 0 Å². The van der Waals surface area contributed by atoms with Gasteiger partial charge in [0.25, 0.3) is 5.91 Å². The second-order valence-corrected chi connectivity index (χ2v) is 6.77. The number of nitrogens with one attached hydrogen (secondary N) is 2. The summed E-state index contributed by atoms with van der Waals surface area (Å²) in [4.78, 5) is 24.7. The van der Waals surface area contributed by atoms with Gasteiger partial charge < -0.3 is 15.4 Å². The number of hydrogen-bond acceptors (Lipinski definition) is 3. The van der Waals surface area contributed by atoms with Crippen LogP contribution in [0.15, 0.2) is 48.5 Å². The fourth-order valence-corrected chi connectivity index (χ4v) is 2.63. The topological polar surface area (TPSA) is 67.4 Å². The maximum absolute atomic E-state index is 12.6. The molecule has 26 heavy (non-hydrogen) atoms. The molecule has 0 radical (unpaired) electrons. The van der Waals surface area contributed by atoms with Crippen LogP contribution < -0.4 is 15.4 Å². The zero-order chi connectivity index (χ0) is 19.1. The van der Waals surface area contributed by atoms with Crippen molar-refractivity contribution < 1.29 is 14.3 Å². The Morgan fingerprint density at radius 1 is 1.12 bits per heavy atom. The average molecular weight is 375 g/mol. The number of para-hydroxylation sites is 1. The highest BCUT2D eigenvalue weighted by Crippen LogP contribution is 2.23. The molecule has 0 aliphatic rings. The molecule has 2 amide bonds. The van der Waals surface area contributed by atoms with Crippen LogP contribution >= 0.6 is 11.6 Å². The van der Waals surface area contributed by atoms with Gasteiger partial charge in [-0.1, -0.05) is 49.7 Å². The van der Waals surface area contributed by atoms with Crippen molar-refractivity contribution in [1.29, 1.82) is 0 Å². The summed E-state index contributed by atoms with van der Waals surface area (Å²) < 4.78 is 5.41. The highest BCUT2D eigenvalue weighted by Gasteiger charge is 2.25. The van der Waals surface area contributed by atoms with E-state index in [2.05, 4.69) is 10.6 Å². The normalized spacial score (nSPS) is 11.7. The van der Waals surface area contributed by atoms with Gasteiger partial charge in [0, 0.05) is 0 Å². The Balaban J connectivity index is 1.96. The van der Waals surface area contributed by atoms with E-state index in [-0.39, 0.29) is 24.3 Å². The molecular weight excluding hydrogens is 352 g/mol. The Kier molecular flexibility index (Phi) is 7.04. The van der Waals surface area contributed by atoms with Crippen molar-refractivity contribution in [2.24, 2.45) is 5.92 Å². The first-order valence-electron chi connectivity index (χ1n) is 8.41. The lowest BCUT2D eigenvalue weighted by molar-refractivity contribution is -0.128. The summed E-state index contributed by atoms with van der Waals surface area (Å²) >= 11 is 6.16. The van der Waals surface area contributed by atoms with Gasteiger partial charge in [0.2, 0.25) is 5.91 Å². The Labute approximate surface area is 158 Å². The molecule has 1 unspecified atom stereocenters. The van der Waals surface area contributed by atoms with E-state index in [9.17, 15) is 9.59 Å². The van der Waals surface area contributed by atoms with Crippen LogP contribution in [0.4, 0.5) is 5.69 Å². The predicted octanol–water partition coefficient (Wildman–Crippen LogP) is 3.81. The van der Waals surface area contributed by atoms with Gasteiger partial charge >= 0.3 is 0 Å². The van der Waals surface area contributed by atoms with Crippen molar-refractivity contribution in [3.05, 3.63) is 59.1 Å². The van der Waals surface area contributed by atoms with Gasteiger partial charge in [-0.3, -0.25) is 9.59 Å². The highest BCUT2D eigenvalue weighted by molar-refractivity contribution is 6.33. The first-order chi connectivity index (χ1) is 12.4. The molecule has 5 nitrogen and oxygen atoms in total. The number of halogens is 1. The minimum absolute atomic E-state index is 0.0973. The Morgan fingerprint density at radius 3 is 2.42 bits per heavy atom. The summed E-state index contributed by atoms with van der Waals surface area (Å²) in [7, 11) is 0. The van der Waals surface area contributed by atoms with E-state index in [0.717, 1.165) is 5.56 Å². The molecule has 2 aromatic rings. The number of rotatable bonds is 7. The lowest BCUT2D eigenvalue weighted by atomic mass is 10.0. The van der Waals surface area contributed by atoms with Crippen LogP contribution in [-0.4, -0.2) is 24.5 Å². The van der Waals surface area contributed by atoms with E-state index in [1.54, 1.807) is 24.3 Å². The Morgan fingerprint density at radius 2 is 1.81 bits per heavy atom. The van der Waals surface area contributed by atoms with Crippen LogP contribution in [-0.2, 0) is 9.59 Å². The third-order valence-electron chi connectivity index (χ3n) is 3.76. The summed E-state index contributed by atoms with van der Waals surface area (Å²) in [6.45, 7) is 5.48. The second kappa shape index (κ2) is 9.25. The molecule has 0 bridgehead atoms. The molecule has 0 saturated heterocycles. The highest BCUT2D eigenvalue weighted by atomic mass is 35.5. The largest absolute Gasteiger partial charge is 0.484 e. The van der Waals surface area contributed by atoms with Crippen LogP contribution in [0.1, 0.15) is 19.4 Å².